The van der Waals surface area contributed by atoms with Gasteiger partial charge in [-0.3, -0.25) is 19.3 Å². The molecule has 1 aromatic rings. The van der Waals surface area contributed by atoms with Crippen molar-refractivity contribution in [3.63, 3.8) is 0 Å². The number of imide groups is 1. The maximum Gasteiger partial charge on any atom is 0.337 e. The summed E-state index contributed by atoms with van der Waals surface area (Å²) in [6.45, 7) is 1.72. The molecule has 8 nitrogen and oxygen atoms in total. The number of benzene rings is 1. The van der Waals surface area contributed by atoms with Gasteiger partial charge in [0.15, 0.2) is 0 Å². The Labute approximate surface area is 180 Å². The molecule has 1 aromatic carbocycles. The van der Waals surface area contributed by atoms with Crippen molar-refractivity contribution in [3.8, 4) is 0 Å². The van der Waals surface area contributed by atoms with E-state index < -0.39 is 11.9 Å². The molecule has 2 aliphatic rings. The Balaban J connectivity index is 1.34. The quantitative estimate of drug-likeness (QED) is 0.482. The van der Waals surface area contributed by atoms with Crippen LogP contribution in [0.3, 0.4) is 0 Å². The molecule has 1 saturated heterocycles. The lowest BCUT2D eigenvalue weighted by Gasteiger charge is -2.28. The van der Waals surface area contributed by atoms with Crippen molar-refractivity contribution in [2.24, 2.45) is 0 Å². The maximum absolute atomic E-state index is 12.0. The van der Waals surface area contributed by atoms with E-state index in [1.165, 1.54) is 4.90 Å². The highest BCUT2D eigenvalue weighted by Gasteiger charge is 2.29. The number of amides is 3. The zero-order valence-electron chi connectivity index (χ0n) is 17.3. The van der Waals surface area contributed by atoms with Crippen molar-refractivity contribution >= 4 is 29.4 Å². The number of anilines is 1. The molecule has 8 heteroatoms. The molecule has 1 heterocycles. The number of β-lactam (4-membered cyclic amide) rings is 1. The molecule has 0 bridgehead atoms. The Morgan fingerprint density at radius 3 is 2.58 bits per heavy atom. The van der Waals surface area contributed by atoms with Crippen molar-refractivity contribution in [1.82, 2.24) is 4.90 Å². The van der Waals surface area contributed by atoms with Gasteiger partial charge in [-0.15, -0.1) is 0 Å². The number of carbonyl (C=O) groups excluding carboxylic acids is 4. The molecule has 3 rings (SSSR count). The lowest BCUT2D eigenvalue weighted by molar-refractivity contribution is -0.152. The zero-order valence-corrected chi connectivity index (χ0v) is 17.3. The average Bonchev–Trinajstić information content (AvgIpc) is 3.19. The van der Waals surface area contributed by atoms with Crippen molar-refractivity contribution in [2.45, 2.75) is 26.2 Å². The lowest BCUT2D eigenvalue weighted by Crippen LogP contribution is -2.47. The molecule has 0 radical (unpaired) electrons. The van der Waals surface area contributed by atoms with E-state index in [0.29, 0.717) is 30.8 Å². The molecule has 1 aliphatic carbocycles. The second-order valence-electron chi connectivity index (χ2n) is 7.04. The minimum atomic E-state index is -0.582. The molecular weight excluding hydrogens is 400 g/mol. The fourth-order valence-electron chi connectivity index (χ4n) is 3.04. The molecule has 1 aliphatic heterocycles. The van der Waals surface area contributed by atoms with Crippen LogP contribution >= 0.6 is 0 Å². The number of likely N-dealkylation sites (tertiary alicyclic amines) is 1. The fraction of sp³-hybridized carbons (Fsp3) is 0.304. The number of ether oxygens (including phenoxy) is 2. The van der Waals surface area contributed by atoms with Crippen LogP contribution < -0.4 is 5.32 Å². The van der Waals surface area contributed by atoms with Crippen LogP contribution in [0.2, 0.25) is 0 Å². The van der Waals surface area contributed by atoms with Gasteiger partial charge in [-0.05, 0) is 37.1 Å². The first kappa shape index (κ1) is 22.2. The van der Waals surface area contributed by atoms with E-state index in [1.807, 2.05) is 19.1 Å². The molecule has 0 aromatic heterocycles. The molecular formula is C23H24N2O6. The third-order valence-corrected chi connectivity index (χ3v) is 4.81. The molecule has 162 valence electrons. The van der Waals surface area contributed by atoms with Crippen LogP contribution in [0.15, 0.2) is 59.9 Å². The molecule has 3 amide bonds. The van der Waals surface area contributed by atoms with Crippen LogP contribution in [-0.4, -0.2) is 48.3 Å². The molecule has 31 heavy (non-hydrogen) atoms. The Hall–Kier alpha value is -3.52. The number of nitrogens with zero attached hydrogens (tertiary/aromatic N) is 1. The average molecular weight is 424 g/mol. The Kier molecular flexibility index (Phi) is 7.50. The molecule has 0 unspecified atom stereocenters. The first-order valence-corrected chi connectivity index (χ1v) is 10.0. The van der Waals surface area contributed by atoms with Crippen LogP contribution in [0.4, 0.5) is 5.69 Å². The summed E-state index contributed by atoms with van der Waals surface area (Å²) in [6, 6.07) is 7.06. The Morgan fingerprint density at radius 1 is 1.16 bits per heavy atom. The third kappa shape index (κ3) is 6.23. The minimum Gasteiger partial charge on any atom is -0.424 e. The Morgan fingerprint density at radius 2 is 1.94 bits per heavy atom. The van der Waals surface area contributed by atoms with Gasteiger partial charge in [0.25, 0.3) is 0 Å². The van der Waals surface area contributed by atoms with Crippen LogP contribution in [0.1, 0.15) is 25.3 Å². The van der Waals surface area contributed by atoms with E-state index in [1.54, 1.807) is 36.4 Å². The first-order valence-electron chi connectivity index (χ1n) is 10.0. The van der Waals surface area contributed by atoms with Gasteiger partial charge in [-0.25, -0.2) is 4.79 Å². The number of hydrogen-bond donors (Lipinski definition) is 1. The summed E-state index contributed by atoms with van der Waals surface area (Å²) in [7, 11) is 0. The fourth-order valence-corrected chi connectivity index (χ4v) is 3.04. The molecule has 1 fully saturated rings. The van der Waals surface area contributed by atoms with Gasteiger partial charge in [-0.2, -0.15) is 0 Å². The highest BCUT2D eigenvalue weighted by Crippen LogP contribution is 2.19. The van der Waals surface area contributed by atoms with Gasteiger partial charge >= 0.3 is 5.97 Å². The van der Waals surface area contributed by atoms with Crippen molar-refractivity contribution in [2.75, 3.05) is 25.1 Å². The monoisotopic (exact) mass is 424 g/mol. The van der Waals surface area contributed by atoms with Crippen molar-refractivity contribution in [1.29, 1.82) is 0 Å². The summed E-state index contributed by atoms with van der Waals surface area (Å²) in [5.41, 5.74) is 2.31. The van der Waals surface area contributed by atoms with E-state index in [2.05, 4.69) is 5.32 Å². The maximum atomic E-state index is 12.0. The number of hydrogen-bond acceptors (Lipinski definition) is 6. The molecule has 0 saturated carbocycles. The highest BCUT2D eigenvalue weighted by molar-refractivity contribution is 5.99. The second-order valence-corrected chi connectivity index (χ2v) is 7.04. The van der Waals surface area contributed by atoms with E-state index in [4.69, 9.17) is 9.47 Å². The molecule has 1 N–H and O–H groups in total. The smallest absolute Gasteiger partial charge is 0.337 e. The van der Waals surface area contributed by atoms with Gasteiger partial charge in [0.2, 0.25) is 17.7 Å². The topological polar surface area (TPSA) is 102 Å². The predicted octanol–water partition coefficient (Wildman–Crippen LogP) is 2.28. The third-order valence-electron chi connectivity index (χ3n) is 4.81. The number of carbonyl (C=O) groups is 4. The van der Waals surface area contributed by atoms with Gasteiger partial charge in [0.05, 0.1) is 0 Å². The summed E-state index contributed by atoms with van der Waals surface area (Å²) >= 11 is 0. The van der Waals surface area contributed by atoms with Crippen molar-refractivity contribution in [3.05, 3.63) is 65.5 Å². The van der Waals surface area contributed by atoms with E-state index >= 15 is 0 Å². The van der Waals surface area contributed by atoms with E-state index in [9.17, 15) is 19.2 Å². The standard InChI is InChI=1S/C23H24N2O6/c1-2-17-4-3-5-19(17)31-23(29)15-30-14-20(26)24-18-9-6-16(7-10-18)8-11-21(27)25-13-12-22(25)28/h2-7,9-10H,8,11-15H2,1H3,(H,24,26)/b17-2-. The van der Waals surface area contributed by atoms with Crippen LogP contribution in [0, 0.1) is 0 Å². The number of rotatable bonds is 9. The van der Waals surface area contributed by atoms with Crippen LogP contribution in [0.25, 0.3) is 0 Å². The zero-order chi connectivity index (χ0) is 22.2. The summed E-state index contributed by atoms with van der Waals surface area (Å²) in [5.74, 6) is -0.803. The summed E-state index contributed by atoms with van der Waals surface area (Å²) in [4.78, 5) is 48.2. The van der Waals surface area contributed by atoms with Gasteiger partial charge in [0, 0.05) is 30.6 Å². The number of nitrogens with one attached hydrogen (secondary N) is 1. The molecule has 0 atom stereocenters. The van der Waals surface area contributed by atoms with Gasteiger partial charge in [-0.1, -0.05) is 30.4 Å². The van der Waals surface area contributed by atoms with Crippen molar-refractivity contribution < 1.29 is 28.7 Å². The van der Waals surface area contributed by atoms with Crippen LogP contribution in [0.5, 0.6) is 0 Å². The number of esters is 1. The summed E-state index contributed by atoms with van der Waals surface area (Å²) < 4.78 is 10.3. The minimum absolute atomic E-state index is 0.117. The number of allylic oxidation sites excluding steroid dienone is 4. The van der Waals surface area contributed by atoms with Gasteiger partial charge < -0.3 is 14.8 Å². The SMILES string of the molecule is C/C=C1/C=CC=C1OC(=O)COCC(=O)Nc1ccc(CCC(=O)N2CCC2=O)cc1. The largest absolute Gasteiger partial charge is 0.424 e. The first-order chi connectivity index (χ1) is 15.0. The van der Waals surface area contributed by atoms with E-state index in [-0.39, 0.29) is 31.4 Å². The number of aryl methyl sites for hydroxylation is 1. The molecule has 0 spiro atoms. The lowest BCUT2D eigenvalue weighted by atomic mass is 10.1. The van der Waals surface area contributed by atoms with E-state index in [0.717, 1.165) is 11.1 Å². The normalized spacial score (nSPS) is 16.2. The van der Waals surface area contributed by atoms with Gasteiger partial charge in [0.1, 0.15) is 19.0 Å². The summed E-state index contributed by atoms with van der Waals surface area (Å²) in [5, 5.41) is 2.67. The van der Waals surface area contributed by atoms with Crippen LogP contribution in [-0.2, 0) is 35.1 Å². The Bertz CT molecular complexity index is 959. The predicted molar refractivity (Wildman–Crippen MR) is 113 cm³/mol. The summed E-state index contributed by atoms with van der Waals surface area (Å²) in [6.07, 6.45) is 8.35. The second kappa shape index (κ2) is 10.5. The highest BCUT2D eigenvalue weighted by atomic mass is 16.6.